The predicted octanol–water partition coefficient (Wildman–Crippen LogP) is 8.69. The number of hydrogen-bond donors (Lipinski definition) is 2. The van der Waals surface area contributed by atoms with Crippen molar-refractivity contribution in [1.29, 1.82) is 0 Å². The Kier molecular flexibility index (Phi) is 11.1. The highest BCUT2D eigenvalue weighted by molar-refractivity contribution is 5.90. The number of nitrogens with zero attached hydrogens (tertiary/aromatic N) is 1. The highest BCUT2D eigenvalue weighted by Crippen LogP contribution is 2.37. The Hall–Kier alpha value is -5.11. The maximum Gasteiger partial charge on any atom is 0.305 e. The molecule has 2 unspecified atom stereocenters. The van der Waals surface area contributed by atoms with Gasteiger partial charge >= 0.3 is 5.97 Å². The molecule has 8 heteroatoms. The average molecular weight is 689 g/mol. The number of amides is 2. The minimum atomic E-state index is -1.04. The normalized spacial score (nSPS) is 16.6. The first-order chi connectivity index (χ1) is 24.5. The lowest BCUT2D eigenvalue weighted by Crippen LogP contribution is -2.48. The third-order valence-electron chi connectivity index (χ3n) is 10.0. The lowest BCUT2D eigenvalue weighted by atomic mass is 9.87. The van der Waals surface area contributed by atoms with Crippen LogP contribution in [0.4, 0.5) is 0 Å². The fourth-order valence-electron chi connectivity index (χ4n) is 7.17. The van der Waals surface area contributed by atoms with Gasteiger partial charge in [-0.25, -0.2) is 0 Å². The van der Waals surface area contributed by atoms with Gasteiger partial charge in [0.1, 0.15) is 29.9 Å². The molecule has 266 valence electrons. The molecule has 1 saturated carbocycles. The van der Waals surface area contributed by atoms with Gasteiger partial charge < -0.3 is 24.8 Å². The number of ether oxygens (including phenoxy) is 2. The van der Waals surface area contributed by atoms with Gasteiger partial charge in [-0.05, 0) is 94.8 Å². The maximum absolute atomic E-state index is 14.3. The molecule has 1 aliphatic carbocycles. The highest BCUT2D eigenvalue weighted by Gasteiger charge is 2.38. The number of aliphatic carboxylic acids is 1. The van der Waals surface area contributed by atoms with Crippen LogP contribution in [0.1, 0.15) is 99.2 Å². The lowest BCUT2D eigenvalue weighted by molar-refractivity contribution is -0.143. The van der Waals surface area contributed by atoms with E-state index in [2.05, 4.69) is 38.2 Å². The molecule has 0 spiro atoms. The van der Waals surface area contributed by atoms with Gasteiger partial charge in [0, 0.05) is 13.0 Å². The third kappa shape index (κ3) is 9.17. The van der Waals surface area contributed by atoms with Gasteiger partial charge in [-0.1, -0.05) is 94.3 Å². The number of nitrogens with one attached hydrogen (secondary N) is 1. The second kappa shape index (κ2) is 15.8. The van der Waals surface area contributed by atoms with Crippen LogP contribution in [0.25, 0.3) is 0 Å². The van der Waals surface area contributed by atoms with Crippen LogP contribution in [0.2, 0.25) is 0 Å². The van der Waals surface area contributed by atoms with Crippen LogP contribution in [-0.2, 0) is 32.8 Å². The number of fused-ring (bicyclic) bond motifs is 1. The van der Waals surface area contributed by atoms with Gasteiger partial charge in [0.25, 0.3) is 0 Å². The molecule has 2 amide bonds. The first-order valence-electron chi connectivity index (χ1n) is 18.0. The zero-order valence-electron chi connectivity index (χ0n) is 29.8. The average Bonchev–Trinajstić information content (AvgIpc) is 3.63. The van der Waals surface area contributed by atoms with E-state index in [1.807, 2.05) is 60.7 Å². The first kappa shape index (κ1) is 35.7. The lowest BCUT2D eigenvalue weighted by Gasteiger charge is -2.38. The fraction of sp³-hybridized carbons (Fsp3) is 0.372. The second-order valence-electron chi connectivity index (χ2n) is 14.8. The van der Waals surface area contributed by atoms with Crippen molar-refractivity contribution >= 4 is 17.8 Å². The number of hydrogen-bond acceptors (Lipinski definition) is 5. The molecule has 8 nitrogen and oxygen atoms in total. The second-order valence-corrected chi connectivity index (χ2v) is 14.8. The molecule has 4 aromatic carbocycles. The molecule has 1 fully saturated rings. The van der Waals surface area contributed by atoms with E-state index in [1.165, 1.54) is 5.56 Å². The molecule has 0 saturated heterocycles. The zero-order valence-corrected chi connectivity index (χ0v) is 29.8. The number of carboxylic acid groups (broad SMARTS) is 1. The number of benzene rings is 4. The summed E-state index contributed by atoms with van der Waals surface area (Å²) < 4.78 is 12.2. The summed E-state index contributed by atoms with van der Waals surface area (Å²) in [4.78, 5) is 41.9. The Labute approximate surface area is 300 Å². The van der Waals surface area contributed by atoms with Gasteiger partial charge in [0.05, 0.1) is 12.5 Å². The summed E-state index contributed by atoms with van der Waals surface area (Å²) in [5.74, 6) is 0.844. The Morgan fingerprint density at radius 1 is 0.863 bits per heavy atom. The predicted molar refractivity (Wildman–Crippen MR) is 197 cm³/mol. The molecule has 2 N–H and O–H groups in total. The van der Waals surface area contributed by atoms with E-state index in [-0.39, 0.29) is 17.7 Å². The molecule has 1 aliphatic heterocycles. The maximum atomic E-state index is 14.3. The summed E-state index contributed by atoms with van der Waals surface area (Å²) in [7, 11) is 0. The van der Waals surface area contributed by atoms with Crippen molar-refractivity contribution in [3.05, 3.63) is 125 Å². The van der Waals surface area contributed by atoms with Gasteiger partial charge in [-0.3, -0.25) is 14.4 Å². The van der Waals surface area contributed by atoms with E-state index in [1.54, 1.807) is 29.2 Å². The van der Waals surface area contributed by atoms with E-state index in [0.717, 1.165) is 48.1 Å². The van der Waals surface area contributed by atoms with Crippen LogP contribution in [0, 0.1) is 5.92 Å². The monoisotopic (exact) mass is 688 g/mol. The van der Waals surface area contributed by atoms with Gasteiger partial charge in [-0.15, -0.1) is 0 Å². The molecular formula is C43H48N2O6. The quantitative estimate of drug-likeness (QED) is 0.154. The molecule has 0 radical (unpaired) electrons. The van der Waals surface area contributed by atoms with Crippen molar-refractivity contribution in [2.45, 2.75) is 89.8 Å². The van der Waals surface area contributed by atoms with Gasteiger partial charge in [0.15, 0.2) is 0 Å². The van der Waals surface area contributed by atoms with Crippen LogP contribution >= 0.6 is 0 Å². The molecule has 51 heavy (non-hydrogen) atoms. The number of rotatable bonds is 12. The molecule has 0 aromatic heterocycles. The van der Waals surface area contributed by atoms with E-state index in [4.69, 9.17) is 9.47 Å². The SMILES string of the molecule is CC(C)(C)c1ccc(Oc2ccc3c(c2)CCN(C(=O)CC2CCCC2)C3C(=O)NC(CC(=O)O)c2ccc(OCc3ccccc3)cc2)cc1. The summed E-state index contributed by atoms with van der Waals surface area (Å²) in [6.07, 6.45) is 4.98. The van der Waals surface area contributed by atoms with Crippen molar-refractivity contribution in [1.82, 2.24) is 10.2 Å². The van der Waals surface area contributed by atoms with Gasteiger partial charge in [-0.2, -0.15) is 0 Å². The summed E-state index contributed by atoms with van der Waals surface area (Å²) in [6.45, 7) is 7.30. The molecule has 0 bridgehead atoms. The van der Waals surface area contributed by atoms with Crippen LogP contribution in [0.15, 0.2) is 97.1 Å². The summed E-state index contributed by atoms with van der Waals surface area (Å²) in [6, 6.07) is 29.0. The highest BCUT2D eigenvalue weighted by atomic mass is 16.5. The molecule has 4 aromatic rings. The van der Waals surface area contributed by atoms with Crippen LogP contribution in [-0.4, -0.2) is 34.3 Å². The molecule has 2 aliphatic rings. The van der Waals surface area contributed by atoms with Crippen LogP contribution in [0.3, 0.4) is 0 Å². The molecular weight excluding hydrogens is 640 g/mol. The third-order valence-corrected chi connectivity index (χ3v) is 10.0. The van der Waals surface area contributed by atoms with E-state index in [9.17, 15) is 19.5 Å². The summed E-state index contributed by atoms with van der Waals surface area (Å²) in [5, 5.41) is 12.9. The minimum absolute atomic E-state index is 0.0326. The molecule has 2 atom stereocenters. The number of carbonyl (C=O) groups is 3. The number of carboxylic acids is 1. The van der Waals surface area contributed by atoms with Crippen LogP contribution in [0.5, 0.6) is 17.2 Å². The van der Waals surface area contributed by atoms with Crippen molar-refractivity contribution in [3.63, 3.8) is 0 Å². The summed E-state index contributed by atoms with van der Waals surface area (Å²) in [5.41, 5.74) is 4.58. The number of carbonyl (C=O) groups excluding carboxylic acids is 2. The van der Waals surface area contributed by atoms with E-state index >= 15 is 0 Å². The Morgan fingerprint density at radius 2 is 1.53 bits per heavy atom. The van der Waals surface area contributed by atoms with Crippen LogP contribution < -0.4 is 14.8 Å². The first-order valence-corrected chi connectivity index (χ1v) is 18.0. The smallest absolute Gasteiger partial charge is 0.305 e. The summed E-state index contributed by atoms with van der Waals surface area (Å²) >= 11 is 0. The van der Waals surface area contributed by atoms with E-state index in [0.29, 0.717) is 49.0 Å². The minimum Gasteiger partial charge on any atom is -0.489 e. The Bertz CT molecular complexity index is 1810. The Balaban J connectivity index is 1.23. The largest absolute Gasteiger partial charge is 0.489 e. The van der Waals surface area contributed by atoms with Crippen molar-refractivity contribution in [3.8, 4) is 17.2 Å². The van der Waals surface area contributed by atoms with Crippen molar-refractivity contribution in [2.75, 3.05) is 6.54 Å². The standard InChI is InChI=1S/C43H48N2O6/c1-43(2,3)33-15-19-35(20-16-33)51-36-21-22-37-32(26-36)23-24-45(39(46)25-29-9-7-8-10-29)41(37)42(49)44-38(27-40(47)48)31-13-17-34(18-14-31)50-28-30-11-5-4-6-12-30/h4-6,11-22,26,29,38,41H,7-10,23-25,27-28H2,1-3H3,(H,44,49)(H,47,48). The zero-order chi connectivity index (χ0) is 36.0. The molecule has 1 heterocycles. The Morgan fingerprint density at radius 3 is 2.20 bits per heavy atom. The van der Waals surface area contributed by atoms with Gasteiger partial charge in [0.2, 0.25) is 11.8 Å². The van der Waals surface area contributed by atoms with Crippen molar-refractivity contribution < 1.29 is 29.0 Å². The van der Waals surface area contributed by atoms with E-state index < -0.39 is 24.0 Å². The topological polar surface area (TPSA) is 105 Å². The molecule has 6 rings (SSSR count). The fourth-order valence-corrected chi connectivity index (χ4v) is 7.17. The van der Waals surface area contributed by atoms with Crippen molar-refractivity contribution in [2.24, 2.45) is 5.92 Å².